The van der Waals surface area contributed by atoms with Crippen LogP contribution in [0, 0.1) is 0 Å². The number of nitrogens with zero attached hydrogens (tertiary/aromatic N) is 1. The molecule has 0 aliphatic carbocycles. The van der Waals surface area contributed by atoms with Crippen molar-refractivity contribution in [3.05, 3.63) is 54.0 Å². The van der Waals surface area contributed by atoms with Crippen LogP contribution in [0.4, 0.5) is 0 Å². The number of nitrogens with one attached hydrogen (secondary N) is 2. The van der Waals surface area contributed by atoms with E-state index in [4.69, 9.17) is 13.9 Å². The average Bonchev–Trinajstić information content (AvgIpc) is 3.10. The summed E-state index contributed by atoms with van der Waals surface area (Å²) in [4.78, 5) is 4.18. The molecule has 132 valence electrons. The molecule has 6 nitrogen and oxygen atoms in total. The maximum absolute atomic E-state index is 5.54. The van der Waals surface area contributed by atoms with Gasteiger partial charge in [0.1, 0.15) is 18.1 Å². The average molecular weight is 445 g/mol. The number of aliphatic imine (C=N–C) groups is 1. The lowest BCUT2D eigenvalue weighted by Gasteiger charge is -2.11. The van der Waals surface area contributed by atoms with Gasteiger partial charge in [0, 0.05) is 20.7 Å². The Hall–Kier alpha value is -1.74. The van der Waals surface area contributed by atoms with Crippen LogP contribution in [0.25, 0.3) is 0 Å². The Morgan fingerprint density at radius 3 is 2.46 bits per heavy atom. The molecule has 2 aromatic rings. The van der Waals surface area contributed by atoms with Gasteiger partial charge >= 0.3 is 0 Å². The highest BCUT2D eigenvalue weighted by atomic mass is 127. The largest absolute Gasteiger partial charge is 0.491 e. The molecule has 0 saturated carbocycles. The van der Waals surface area contributed by atoms with Gasteiger partial charge in [0.2, 0.25) is 0 Å². The number of ether oxygens (including phenoxy) is 2. The summed E-state index contributed by atoms with van der Waals surface area (Å²) in [6.45, 7) is 2.41. The topological polar surface area (TPSA) is 68.0 Å². The SMILES string of the molecule is CN=C(NCc1ccc(OCCOC)cc1)NCc1ccco1.I. The summed E-state index contributed by atoms with van der Waals surface area (Å²) >= 11 is 0. The first-order chi connectivity index (χ1) is 11.3. The number of halogens is 1. The van der Waals surface area contributed by atoms with E-state index in [1.807, 2.05) is 36.4 Å². The Kier molecular flexibility index (Phi) is 9.94. The van der Waals surface area contributed by atoms with Gasteiger partial charge in [-0.3, -0.25) is 4.99 Å². The predicted molar refractivity (Wildman–Crippen MR) is 105 cm³/mol. The van der Waals surface area contributed by atoms with Crippen LogP contribution in [0.2, 0.25) is 0 Å². The third kappa shape index (κ3) is 7.22. The van der Waals surface area contributed by atoms with Crippen molar-refractivity contribution < 1.29 is 13.9 Å². The second kappa shape index (κ2) is 11.7. The fraction of sp³-hybridized carbons (Fsp3) is 0.353. The standard InChI is InChI=1S/C17H23N3O3.HI/c1-18-17(20-13-16-4-3-9-22-16)19-12-14-5-7-15(8-6-14)23-11-10-21-2;/h3-9H,10-13H2,1-2H3,(H2,18,19,20);1H. The Morgan fingerprint density at radius 2 is 1.83 bits per heavy atom. The summed E-state index contributed by atoms with van der Waals surface area (Å²) in [7, 11) is 3.40. The smallest absolute Gasteiger partial charge is 0.191 e. The van der Waals surface area contributed by atoms with E-state index in [1.165, 1.54) is 0 Å². The van der Waals surface area contributed by atoms with Crippen molar-refractivity contribution in [3.63, 3.8) is 0 Å². The van der Waals surface area contributed by atoms with Crippen LogP contribution >= 0.6 is 24.0 Å². The van der Waals surface area contributed by atoms with Crippen molar-refractivity contribution in [2.45, 2.75) is 13.1 Å². The molecule has 0 radical (unpaired) electrons. The highest BCUT2D eigenvalue weighted by Gasteiger charge is 2.01. The van der Waals surface area contributed by atoms with E-state index < -0.39 is 0 Å². The van der Waals surface area contributed by atoms with E-state index in [1.54, 1.807) is 20.4 Å². The van der Waals surface area contributed by atoms with E-state index in [-0.39, 0.29) is 24.0 Å². The summed E-state index contributed by atoms with van der Waals surface area (Å²) in [5.41, 5.74) is 1.14. The first-order valence-corrected chi connectivity index (χ1v) is 7.49. The maximum atomic E-state index is 5.54. The van der Waals surface area contributed by atoms with Crippen LogP contribution < -0.4 is 15.4 Å². The monoisotopic (exact) mass is 445 g/mol. The van der Waals surface area contributed by atoms with Crippen molar-refractivity contribution in [3.8, 4) is 5.75 Å². The molecule has 24 heavy (non-hydrogen) atoms. The van der Waals surface area contributed by atoms with Crippen molar-refractivity contribution in [1.82, 2.24) is 10.6 Å². The number of methoxy groups -OCH3 is 1. The molecular weight excluding hydrogens is 421 g/mol. The van der Waals surface area contributed by atoms with Gasteiger partial charge in [-0.25, -0.2) is 0 Å². The number of hydrogen-bond donors (Lipinski definition) is 2. The lowest BCUT2D eigenvalue weighted by molar-refractivity contribution is 0.146. The van der Waals surface area contributed by atoms with E-state index >= 15 is 0 Å². The maximum Gasteiger partial charge on any atom is 0.191 e. The quantitative estimate of drug-likeness (QED) is 0.283. The summed E-state index contributed by atoms with van der Waals surface area (Å²) in [6, 6.07) is 11.7. The summed E-state index contributed by atoms with van der Waals surface area (Å²) in [5.74, 6) is 2.43. The van der Waals surface area contributed by atoms with Gasteiger partial charge in [-0.05, 0) is 29.8 Å². The molecule has 0 amide bonds. The number of guanidine groups is 1. The van der Waals surface area contributed by atoms with Gasteiger partial charge < -0.3 is 24.5 Å². The molecule has 0 aliphatic heterocycles. The minimum absolute atomic E-state index is 0. The van der Waals surface area contributed by atoms with E-state index in [0.29, 0.717) is 26.3 Å². The summed E-state index contributed by atoms with van der Waals surface area (Å²) in [6.07, 6.45) is 1.66. The molecule has 0 fully saturated rings. The zero-order chi connectivity index (χ0) is 16.3. The minimum atomic E-state index is 0. The normalized spacial score (nSPS) is 10.8. The number of furan rings is 1. The highest BCUT2D eigenvalue weighted by Crippen LogP contribution is 2.11. The molecular formula is C17H24IN3O3. The van der Waals surface area contributed by atoms with Crippen molar-refractivity contribution in [2.24, 2.45) is 4.99 Å². The van der Waals surface area contributed by atoms with Crippen molar-refractivity contribution in [1.29, 1.82) is 0 Å². The fourth-order valence-corrected chi connectivity index (χ4v) is 1.94. The van der Waals surface area contributed by atoms with Gasteiger partial charge in [0.25, 0.3) is 0 Å². The van der Waals surface area contributed by atoms with Crippen LogP contribution in [-0.4, -0.2) is 33.3 Å². The first kappa shape index (κ1) is 20.3. The van der Waals surface area contributed by atoms with Crippen LogP contribution in [0.3, 0.4) is 0 Å². The molecule has 0 saturated heterocycles. The van der Waals surface area contributed by atoms with Gasteiger partial charge in [-0.2, -0.15) is 0 Å². The molecule has 0 unspecified atom stereocenters. The van der Waals surface area contributed by atoms with Crippen LogP contribution in [0.1, 0.15) is 11.3 Å². The van der Waals surface area contributed by atoms with E-state index in [2.05, 4.69) is 15.6 Å². The zero-order valence-corrected chi connectivity index (χ0v) is 16.3. The molecule has 1 heterocycles. The lowest BCUT2D eigenvalue weighted by Crippen LogP contribution is -2.36. The fourth-order valence-electron chi connectivity index (χ4n) is 1.94. The van der Waals surface area contributed by atoms with Gasteiger partial charge in [-0.1, -0.05) is 12.1 Å². The van der Waals surface area contributed by atoms with Crippen LogP contribution in [0.5, 0.6) is 5.75 Å². The number of benzene rings is 1. The summed E-state index contributed by atoms with van der Waals surface area (Å²) in [5, 5.41) is 6.45. The molecule has 1 aromatic carbocycles. The second-order valence-electron chi connectivity index (χ2n) is 4.84. The van der Waals surface area contributed by atoms with Crippen molar-refractivity contribution >= 4 is 29.9 Å². The highest BCUT2D eigenvalue weighted by molar-refractivity contribution is 14.0. The first-order valence-electron chi connectivity index (χ1n) is 7.49. The van der Waals surface area contributed by atoms with Crippen molar-refractivity contribution in [2.75, 3.05) is 27.4 Å². The predicted octanol–water partition coefficient (Wildman–Crippen LogP) is 2.79. The Labute approximate surface area is 159 Å². The van der Waals surface area contributed by atoms with Crippen LogP contribution in [0.15, 0.2) is 52.1 Å². The third-order valence-corrected chi connectivity index (χ3v) is 3.17. The van der Waals surface area contributed by atoms with Gasteiger partial charge in [0.15, 0.2) is 5.96 Å². The molecule has 2 N–H and O–H groups in total. The molecule has 7 heteroatoms. The Balaban J connectivity index is 0.00000288. The van der Waals surface area contributed by atoms with Gasteiger partial charge in [0.05, 0.1) is 19.4 Å². The summed E-state index contributed by atoms with van der Waals surface area (Å²) < 4.78 is 15.8. The van der Waals surface area contributed by atoms with E-state index in [0.717, 1.165) is 23.0 Å². The second-order valence-corrected chi connectivity index (χ2v) is 4.84. The number of hydrogen-bond acceptors (Lipinski definition) is 4. The Morgan fingerprint density at radius 1 is 1.08 bits per heavy atom. The lowest BCUT2D eigenvalue weighted by atomic mass is 10.2. The minimum Gasteiger partial charge on any atom is -0.491 e. The van der Waals surface area contributed by atoms with E-state index in [9.17, 15) is 0 Å². The molecule has 1 aromatic heterocycles. The molecule has 0 spiro atoms. The molecule has 0 aliphatic rings. The Bertz CT molecular complexity index is 586. The molecule has 0 bridgehead atoms. The molecule has 0 atom stereocenters. The molecule has 2 rings (SSSR count). The number of rotatable bonds is 8. The van der Waals surface area contributed by atoms with Gasteiger partial charge in [-0.15, -0.1) is 24.0 Å². The zero-order valence-electron chi connectivity index (χ0n) is 14.0. The third-order valence-electron chi connectivity index (χ3n) is 3.17. The van der Waals surface area contributed by atoms with Crippen LogP contribution in [-0.2, 0) is 17.8 Å².